The Hall–Kier alpha value is -1.99. The number of aromatic nitrogens is 2. The van der Waals surface area contributed by atoms with Crippen LogP contribution in [0.2, 0.25) is 0 Å². The summed E-state index contributed by atoms with van der Waals surface area (Å²) >= 11 is 0. The summed E-state index contributed by atoms with van der Waals surface area (Å²) in [5, 5.41) is 10.00. The number of ether oxygens (including phenoxy) is 1. The van der Waals surface area contributed by atoms with E-state index in [4.69, 9.17) is 4.74 Å². The molecule has 0 aromatic carbocycles. The first kappa shape index (κ1) is 29.2. The Morgan fingerprint density at radius 2 is 1.63 bits per heavy atom. The van der Waals surface area contributed by atoms with Gasteiger partial charge in [-0.05, 0) is 57.4 Å². The minimum Gasteiger partial charge on any atom is -0.478 e. The van der Waals surface area contributed by atoms with Gasteiger partial charge in [0.1, 0.15) is 11.5 Å². The number of carboxylic acid groups (broad SMARTS) is 1. The Labute approximate surface area is 210 Å². The number of carbonyl (C=O) groups is 1. The Morgan fingerprint density at radius 3 is 2.17 bits per heavy atom. The first-order valence-corrected chi connectivity index (χ1v) is 13.8. The maximum absolute atomic E-state index is 13.7. The molecular formula is C28H46FN3O3. The molecular weight excluding hydrogens is 445 g/mol. The summed E-state index contributed by atoms with van der Waals surface area (Å²) in [7, 11) is 0. The average molecular weight is 492 g/mol. The predicted molar refractivity (Wildman–Crippen MR) is 141 cm³/mol. The molecule has 7 heteroatoms. The van der Waals surface area contributed by atoms with Crippen LogP contribution in [0.3, 0.4) is 0 Å². The molecule has 0 amide bonds. The molecule has 0 bridgehead atoms. The fourth-order valence-electron chi connectivity index (χ4n) is 5.09. The van der Waals surface area contributed by atoms with E-state index in [-0.39, 0.29) is 5.56 Å². The first-order valence-electron chi connectivity index (χ1n) is 13.8. The van der Waals surface area contributed by atoms with Crippen molar-refractivity contribution in [1.29, 1.82) is 0 Å². The normalized spacial score (nSPS) is 22.1. The number of aromatic carboxylic acids is 1. The number of hydrogen-bond acceptors (Lipinski definition) is 4. The van der Waals surface area contributed by atoms with Crippen molar-refractivity contribution in [3.05, 3.63) is 29.3 Å². The van der Waals surface area contributed by atoms with Gasteiger partial charge in [0.15, 0.2) is 0 Å². The lowest BCUT2D eigenvalue weighted by atomic mass is 9.84. The summed E-state index contributed by atoms with van der Waals surface area (Å²) in [6, 6.07) is 1.94. The van der Waals surface area contributed by atoms with E-state index in [9.17, 15) is 14.3 Å². The van der Waals surface area contributed by atoms with E-state index in [1.54, 1.807) is 6.92 Å². The van der Waals surface area contributed by atoms with Gasteiger partial charge in [0.25, 0.3) is 0 Å². The van der Waals surface area contributed by atoms with Crippen molar-refractivity contribution in [2.45, 2.75) is 112 Å². The van der Waals surface area contributed by atoms with Gasteiger partial charge in [0.2, 0.25) is 0 Å². The molecule has 3 heterocycles. The maximum Gasteiger partial charge on any atom is 0.338 e. The van der Waals surface area contributed by atoms with Gasteiger partial charge in [-0.3, -0.25) is 4.90 Å². The third kappa shape index (κ3) is 7.04. The molecule has 198 valence electrons. The molecule has 2 aromatic rings. The third-order valence-electron chi connectivity index (χ3n) is 6.90. The number of carboxylic acids is 1. The van der Waals surface area contributed by atoms with Crippen molar-refractivity contribution in [1.82, 2.24) is 14.5 Å². The lowest BCUT2D eigenvalue weighted by molar-refractivity contribution is -0.0859. The van der Waals surface area contributed by atoms with Gasteiger partial charge in [0.05, 0.1) is 24.0 Å². The molecule has 5 rings (SSSR count). The largest absolute Gasteiger partial charge is 0.478 e. The lowest BCUT2D eigenvalue weighted by Gasteiger charge is -2.46. The van der Waals surface area contributed by atoms with Gasteiger partial charge in [0, 0.05) is 36.8 Å². The molecule has 0 atom stereocenters. The highest BCUT2D eigenvalue weighted by atomic mass is 19.1. The van der Waals surface area contributed by atoms with Crippen LogP contribution in [-0.2, 0) is 11.3 Å². The van der Waals surface area contributed by atoms with Crippen molar-refractivity contribution >= 4 is 17.0 Å². The van der Waals surface area contributed by atoms with Crippen LogP contribution < -0.4 is 0 Å². The number of fused-ring (bicyclic) bond motifs is 1. The van der Waals surface area contributed by atoms with Crippen LogP contribution in [0.1, 0.15) is 96.1 Å². The summed E-state index contributed by atoms with van der Waals surface area (Å²) in [6.07, 6.45) is 9.21. The summed E-state index contributed by atoms with van der Waals surface area (Å²) < 4.78 is 21.6. The molecule has 6 nitrogen and oxygen atoms in total. The molecule has 1 aliphatic heterocycles. The van der Waals surface area contributed by atoms with E-state index in [0.29, 0.717) is 40.9 Å². The van der Waals surface area contributed by atoms with Crippen molar-refractivity contribution in [3.63, 3.8) is 0 Å². The Morgan fingerprint density at radius 1 is 1.03 bits per heavy atom. The molecule has 1 N–H and O–H groups in total. The monoisotopic (exact) mass is 491 g/mol. The Bertz CT molecular complexity index is 927. The van der Waals surface area contributed by atoms with Gasteiger partial charge in [-0.2, -0.15) is 0 Å². The Kier molecular flexibility index (Phi) is 11.6. The maximum atomic E-state index is 13.7. The van der Waals surface area contributed by atoms with Crippen molar-refractivity contribution in [2.75, 3.05) is 13.1 Å². The molecule has 0 spiro atoms. The molecule has 35 heavy (non-hydrogen) atoms. The minimum atomic E-state index is -1.02. The van der Waals surface area contributed by atoms with Crippen LogP contribution in [0.4, 0.5) is 4.39 Å². The molecule has 3 aliphatic rings. The van der Waals surface area contributed by atoms with E-state index in [1.165, 1.54) is 37.9 Å². The van der Waals surface area contributed by atoms with Gasteiger partial charge in [-0.1, -0.05) is 41.5 Å². The van der Waals surface area contributed by atoms with Crippen molar-refractivity contribution < 1.29 is 19.0 Å². The van der Waals surface area contributed by atoms with Gasteiger partial charge in [-0.25, -0.2) is 14.2 Å². The van der Waals surface area contributed by atoms with E-state index in [0.717, 1.165) is 32.5 Å². The topological polar surface area (TPSA) is 67.6 Å². The van der Waals surface area contributed by atoms with Crippen molar-refractivity contribution in [3.8, 4) is 0 Å². The highest BCUT2D eigenvalue weighted by Gasteiger charge is 2.38. The van der Waals surface area contributed by atoms with Crippen LogP contribution in [0, 0.1) is 18.7 Å². The van der Waals surface area contributed by atoms with Crippen LogP contribution >= 0.6 is 0 Å². The summed E-state index contributed by atoms with van der Waals surface area (Å²) in [5.74, 6) is -1.03. The number of nitrogens with zero attached hydrogens (tertiary/aromatic N) is 3. The zero-order valence-electron chi connectivity index (χ0n) is 22.8. The van der Waals surface area contributed by atoms with Crippen LogP contribution in [0.25, 0.3) is 11.0 Å². The highest BCUT2D eigenvalue weighted by Crippen LogP contribution is 2.35. The third-order valence-corrected chi connectivity index (χ3v) is 6.90. The highest BCUT2D eigenvalue weighted by molar-refractivity contribution is 6.04. The predicted octanol–water partition coefficient (Wildman–Crippen LogP) is 6.68. The first-order chi connectivity index (χ1) is 17.0. The fraction of sp³-hybridized carbons (Fsp3) is 0.714. The van der Waals surface area contributed by atoms with Crippen LogP contribution in [0.5, 0.6) is 0 Å². The number of halogens is 1. The summed E-state index contributed by atoms with van der Waals surface area (Å²) in [4.78, 5) is 18.5. The van der Waals surface area contributed by atoms with E-state index >= 15 is 0 Å². The molecule has 2 aliphatic carbocycles. The lowest BCUT2D eigenvalue weighted by Crippen LogP contribution is -2.57. The van der Waals surface area contributed by atoms with Gasteiger partial charge < -0.3 is 14.4 Å². The van der Waals surface area contributed by atoms with Crippen LogP contribution in [0.15, 0.2) is 12.3 Å². The number of pyridine rings is 1. The molecule has 0 unspecified atom stereocenters. The molecule has 2 saturated carbocycles. The fourth-order valence-corrected chi connectivity index (χ4v) is 5.09. The molecule has 2 aromatic heterocycles. The molecule has 1 saturated heterocycles. The Balaban J connectivity index is 0.000000671. The van der Waals surface area contributed by atoms with Crippen LogP contribution in [-0.4, -0.2) is 56.9 Å². The van der Waals surface area contributed by atoms with E-state index in [2.05, 4.69) is 9.88 Å². The minimum absolute atomic E-state index is 0.169. The number of hydrogen-bond donors (Lipinski definition) is 1. The van der Waals surface area contributed by atoms with Gasteiger partial charge in [-0.15, -0.1) is 0 Å². The quantitative estimate of drug-likeness (QED) is 0.488. The number of likely N-dealkylation sites (tertiary alicyclic amines) is 1. The smallest absolute Gasteiger partial charge is 0.338 e. The second-order valence-corrected chi connectivity index (χ2v) is 8.99. The zero-order valence-corrected chi connectivity index (χ0v) is 22.8. The summed E-state index contributed by atoms with van der Waals surface area (Å²) in [5.41, 5.74) is 1.41. The summed E-state index contributed by atoms with van der Waals surface area (Å²) in [6.45, 7) is 16.7. The van der Waals surface area contributed by atoms with E-state index < -0.39 is 11.8 Å². The number of rotatable bonds is 6. The van der Waals surface area contributed by atoms with Gasteiger partial charge >= 0.3 is 5.97 Å². The standard InChI is InChI=1S/C22H28FN3O3.3C2H6/c1-13-20(22(27)28)19-8-15(23)9-24-21(19)26(13)10-14-2-4-16(5-3-14)25-11-18(12-25)29-17-6-7-17;3*1-2/h8-9,14,16-18H,2-7,10-12H2,1H3,(H,27,28);3*1-2H3. The zero-order chi connectivity index (χ0) is 26.1. The van der Waals surface area contributed by atoms with E-state index in [1.807, 2.05) is 46.1 Å². The SMILES string of the molecule is CC.CC.CC.Cc1c(C(=O)O)c2cc(F)cnc2n1CC1CCC(N2CC(OC3CC3)C2)CC1. The average Bonchev–Trinajstić information content (AvgIpc) is 3.64. The van der Waals surface area contributed by atoms with Crippen molar-refractivity contribution in [2.24, 2.45) is 5.92 Å². The molecule has 3 fully saturated rings. The second-order valence-electron chi connectivity index (χ2n) is 8.99. The second kappa shape index (κ2) is 13.9. The molecule has 0 radical (unpaired) electrons.